The molecule has 3 heteroatoms. The number of benzene rings is 10. The highest BCUT2D eigenvalue weighted by Crippen LogP contribution is 2.50. The SMILES string of the molecule is c1ccc(-c2ccc(N(c3ccccc3)c3cc4c5cc(N(c6ccccc6)c6ccc(-c7ccccc7)cc6)c6ccccc6c5sc4c4ccccc34)cc2)cc1. The normalized spacial score (nSPS) is 11.4. The predicted octanol–water partition coefficient (Wildman–Crippen LogP) is 16.6. The van der Waals surface area contributed by atoms with E-state index >= 15 is 0 Å². The molecule has 0 aliphatic carbocycles. The zero-order chi connectivity index (χ0) is 39.1. The minimum Gasteiger partial charge on any atom is -0.310 e. The van der Waals surface area contributed by atoms with Crippen molar-refractivity contribution in [2.75, 3.05) is 9.80 Å². The Morgan fingerprint density at radius 1 is 0.237 bits per heavy atom. The Hall–Kier alpha value is -7.46. The molecule has 0 bridgehead atoms. The van der Waals surface area contributed by atoms with Gasteiger partial charge in [0, 0.05) is 64.5 Å². The molecule has 0 aliphatic heterocycles. The van der Waals surface area contributed by atoms with Crippen LogP contribution in [0.25, 0.3) is 64.0 Å². The fraction of sp³-hybridized carbons (Fsp3) is 0. The molecule has 0 atom stereocenters. The van der Waals surface area contributed by atoms with E-state index in [-0.39, 0.29) is 0 Å². The van der Waals surface area contributed by atoms with Gasteiger partial charge in [-0.15, -0.1) is 11.3 Å². The number of fused-ring (bicyclic) bond motifs is 7. The molecule has 59 heavy (non-hydrogen) atoms. The molecule has 0 spiro atoms. The predicted molar refractivity (Wildman–Crippen MR) is 255 cm³/mol. The van der Waals surface area contributed by atoms with Gasteiger partial charge in [-0.2, -0.15) is 0 Å². The molecule has 2 nitrogen and oxygen atoms in total. The smallest absolute Gasteiger partial charge is 0.0547 e. The third-order valence-electron chi connectivity index (χ3n) is 11.4. The maximum atomic E-state index is 2.44. The zero-order valence-corrected chi connectivity index (χ0v) is 33.1. The van der Waals surface area contributed by atoms with Crippen LogP contribution >= 0.6 is 11.3 Å². The third-order valence-corrected chi connectivity index (χ3v) is 12.7. The van der Waals surface area contributed by atoms with Crippen LogP contribution < -0.4 is 9.80 Å². The molecule has 0 amide bonds. The summed E-state index contributed by atoms with van der Waals surface area (Å²) in [6.07, 6.45) is 0. The van der Waals surface area contributed by atoms with Gasteiger partial charge in [-0.25, -0.2) is 0 Å². The van der Waals surface area contributed by atoms with E-state index in [1.807, 2.05) is 11.3 Å². The van der Waals surface area contributed by atoms with Gasteiger partial charge in [0.2, 0.25) is 0 Å². The lowest BCUT2D eigenvalue weighted by Gasteiger charge is -2.28. The summed E-state index contributed by atoms with van der Waals surface area (Å²) in [5.74, 6) is 0. The van der Waals surface area contributed by atoms with Crippen molar-refractivity contribution in [3.8, 4) is 22.3 Å². The highest BCUT2D eigenvalue weighted by atomic mass is 32.1. The second kappa shape index (κ2) is 14.8. The molecular weight excluding hydrogens is 733 g/mol. The first-order chi connectivity index (χ1) is 29.3. The van der Waals surface area contributed by atoms with Gasteiger partial charge in [-0.3, -0.25) is 0 Å². The van der Waals surface area contributed by atoms with Gasteiger partial charge in [-0.1, -0.05) is 170 Å². The van der Waals surface area contributed by atoms with Crippen molar-refractivity contribution >= 4 is 87.2 Å². The Labute approximate surface area is 348 Å². The van der Waals surface area contributed by atoms with Crippen molar-refractivity contribution in [2.45, 2.75) is 0 Å². The highest BCUT2D eigenvalue weighted by molar-refractivity contribution is 7.27. The summed E-state index contributed by atoms with van der Waals surface area (Å²) >= 11 is 1.91. The fourth-order valence-electron chi connectivity index (χ4n) is 8.63. The molecule has 0 unspecified atom stereocenters. The van der Waals surface area contributed by atoms with E-state index in [0.717, 1.165) is 34.1 Å². The molecular formula is C56H38N2S. The van der Waals surface area contributed by atoms with Crippen LogP contribution in [0.2, 0.25) is 0 Å². The standard InChI is InChI=1S/C56H38N2S/c1-5-17-39(18-6-1)41-29-33-45(34-30-41)57(43-21-9-3-10-22-43)53-37-51-52-38-54(48-26-14-16-28-50(48)56(52)59-55(51)49-27-15-13-25-47(49)53)58(44-23-11-4-12-24-44)46-35-31-42(32-36-46)40-19-7-2-8-20-40/h1-38H. The van der Waals surface area contributed by atoms with Crippen LogP contribution in [0.4, 0.5) is 34.1 Å². The lowest BCUT2D eigenvalue weighted by Crippen LogP contribution is -2.10. The van der Waals surface area contributed by atoms with Crippen LogP contribution in [0.3, 0.4) is 0 Å². The molecule has 1 aromatic heterocycles. The van der Waals surface area contributed by atoms with Gasteiger partial charge in [0.15, 0.2) is 0 Å². The van der Waals surface area contributed by atoms with Crippen LogP contribution in [0, 0.1) is 0 Å². The maximum Gasteiger partial charge on any atom is 0.0547 e. The van der Waals surface area contributed by atoms with Crippen LogP contribution in [0.5, 0.6) is 0 Å². The molecule has 11 rings (SSSR count). The van der Waals surface area contributed by atoms with E-state index in [1.165, 1.54) is 64.0 Å². The Morgan fingerprint density at radius 3 is 0.898 bits per heavy atom. The minimum atomic E-state index is 1.11. The summed E-state index contributed by atoms with van der Waals surface area (Å²) in [5, 5.41) is 7.45. The Kier molecular flexibility index (Phi) is 8.72. The zero-order valence-electron chi connectivity index (χ0n) is 32.2. The Morgan fingerprint density at radius 2 is 0.525 bits per heavy atom. The van der Waals surface area contributed by atoms with E-state index in [9.17, 15) is 0 Å². The van der Waals surface area contributed by atoms with E-state index in [1.54, 1.807) is 0 Å². The molecule has 10 aromatic carbocycles. The van der Waals surface area contributed by atoms with Crippen molar-refractivity contribution < 1.29 is 0 Å². The number of hydrogen-bond donors (Lipinski definition) is 0. The van der Waals surface area contributed by atoms with Gasteiger partial charge >= 0.3 is 0 Å². The van der Waals surface area contributed by atoms with Crippen molar-refractivity contribution in [2.24, 2.45) is 0 Å². The molecule has 0 N–H and O–H groups in total. The largest absolute Gasteiger partial charge is 0.310 e. The number of thiophene rings is 1. The van der Waals surface area contributed by atoms with Gasteiger partial charge in [0.1, 0.15) is 0 Å². The first-order valence-corrected chi connectivity index (χ1v) is 20.9. The van der Waals surface area contributed by atoms with Gasteiger partial charge in [-0.05, 0) is 82.9 Å². The summed E-state index contributed by atoms with van der Waals surface area (Å²) in [4.78, 5) is 4.85. The van der Waals surface area contributed by atoms with Crippen molar-refractivity contribution in [3.05, 3.63) is 231 Å². The van der Waals surface area contributed by atoms with Crippen LogP contribution in [-0.2, 0) is 0 Å². The Bertz CT molecular complexity index is 3010. The van der Waals surface area contributed by atoms with Crippen LogP contribution in [-0.4, -0.2) is 0 Å². The third kappa shape index (κ3) is 6.20. The summed E-state index contributed by atoms with van der Waals surface area (Å²) in [6, 6.07) is 83.5. The molecule has 0 aliphatic rings. The number of nitrogens with zero attached hydrogens (tertiary/aromatic N) is 2. The van der Waals surface area contributed by atoms with Crippen molar-refractivity contribution in [1.82, 2.24) is 0 Å². The molecule has 0 saturated heterocycles. The summed E-state index contributed by atoms with van der Waals surface area (Å²) in [7, 11) is 0. The van der Waals surface area contributed by atoms with E-state index in [2.05, 4.69) is 240 Å². The van der Waals surface area contributed by atoms with Crippen molar-refractivity contribution in [1.29, 1.82) is 0 Å². The summed E-state index contributed by atoms with van der Waals surface area (Å²) in [5.41, 5.74) is 11.6. The molecule has 0 radical (unpaired) electrons. The number of rotatable bonds is 8. The fourth-order valence-corrected chi connectivity index (χ4v) is 9.96. The monoisotopic (exact) mass is 770 g/mol. The molecule has 11 aromatic rings. The Balaban J connectivity index is 1.16. The first-order valence-electron chi connectivity index (χ1n) is 20.1. The van der Waals surface area contributed by atoms with E-state index < -0.39 is 0 Å². The minimum absolute atomic E-state index is 1.11. The summed E-state index contributed by atoms with van der Waals surface area (Å²) < 4.78 is 2.60. The first kappa shape index (κ1) is 34.8. The second-order valence-corrected chi connectivity index (χ2v) is 15.9. The molecule has 1 heterocycles. The lowest BCUT2D eigenvalue weighted by molar-refractivity contribution is 1.30. The quantitative estimate of drug-likeness (QED) is 0.152. The average molecular weight is 771 g/mol. The van der Waals surface area contributed by atoms with Gasteiger partial charge in [0.25, 0.3) is 0 Å². The maximum absolute atomic E-state index is 2.44. The molecule has 278 valence electrons. The van der Waals surface area contributed by atoms with Gasteiger partial charge < -0.3 is 9.80 Å². The van der Waals surface area contributed by atoms with Crippen LogP contribution in [0.15, 0.2) is 231 Å². The van der Waals surface area contributed by atoms with Gasteiger partial charge in [0.05, 0.1) is 11.4 Å². The van der Waals surface area contributed by atoms with Crippen LogP contribution in [0.1, 0.15) is 0 Å². The number of hydrogen-bond acceptors (Lipinski definition) is 3. The topological polar surface area (TPSA) is 6.48 Å². The van der Waals surface area contributed by atoms with E-state index in [4.69, 9.17) is 0 Å². The number of anilines is 6. The molecule has 0 fully saturated rings. The second-order valence-electron chi connectivity index (χ2n) is 14.9. The summed E-state index contributed by atoms with van der Waals surface area (Å²) in [6.45, 7) is 0. The average Bonchev–Trinajstić information content (AvgIpc) is 3.70. The highest BCUT2D eigenvalue weighted by Gasteiger charge is 2.23. The van der Waals surface area contributed by atoms with E-state index in [0.29, 0.717) is 0 Å². The van der Waals surface area contributed by atoms with Crippen molar-refractivity contribution in [3.63, 3.8) is 0 Å². The lowest BCUT2D eigenvalue weighted by atomic mass is 9.99. The number of para-hydroxylation sites is 2. The molecule has 0 saturated carbocycles.